The van der Waals surface area contributed by atoms with E-state index in [1.54, 1.807) is 0 Å². The van der Waals surface area contributed by atoms with Crippen molar-refractivity contribution >= 4 is 16.3 Å². The van der Waals surface area contributed by atoms with Crippen molar-refractivity contribution in [2.24, 2.45) is 11.8 Å². The second-order valence-corrected chi connectivity index (χ2v) is 10.8. The fraction of sp³-hybridized carbons (Fsp3) is 1.00. The Morgan fingerprint density at radius 2 is 0.967 bits per heavy atom. The zero-order valence-corrected chi connectivity index (χ0v) is 22.2. The van der Waals surface area contributed by atoms with Gasteiger partial charge in [0.15, 0.2) is 0 Å². The second kappa shape index (κ2) is 22.6. The Labute approximate surface area is 199 Å². The molecule has 0 spiro atoms. The molecule has 0 saturated heterocycles. The number of rotatable bonds is 17. The van der Waals surface area contributed by atoms with E-state index in [0.29, 0.717) is 0 Å². The summed E-state index contributed by atoms with van der Waals surface area (Å²) < 4.78 is 5.32. The topological polar surface area (TPSA) is 9.23 Å². The van der Waals surface area contributed by atoms with Crippen LogP contribution in [0, 0.1) is 11.8 Å². The first kappa shape index (κ1) is 28.5. The SMILES string of the molecule is CCCCCCCCCCCCCCCCC1CCCCCCCC(COBr)CC1. The highest BCUT2D eigenvalue weighted by Gasteiger charge is 2.15. The molecule has 30 heavy (non-hydrogen) atoms. The van der Waals surface area contributed by atoms with Gasteiger partial charge in [0.2, 0.25) is 0 Å². The summed E-state index contributed by atoms with van der Waals surface area (Å²) in [5.74, 6) is 1.76. The largest absolute Gasteiger partial charge is 0.308 e. The first-order valence-electron chi connectivity index (χ1n) is 14.1. The predicted molar refractivity (Wildman–Crippen MR) is 138 cm³/mol. The first-order valence-corrected chi connectivity index (χ1v) is 14.7. The van der Waals surface area contributed by atoms with Gasteiger partial charge in [-0.25, -0.2) is 0 Å². The van der Waals surface area contributed by atoms with Crippen molar-refractivity contribution in [3.8, 4) is 0 Å². The lowest BCUT2D eigenvalue weighted by molar-refractivity contribution is 0.251. The molecular weight excluding hydrogens is 432 g/mol. The van der Waals surface area contributed by atoms with Crippen LogP contribution in [0.5, 0.6) is 0 Å². The summed E-state index contributed by atoms with van der Waals surface area (Å²) >= 11 is 3.20. The molecule has 0 N–H and O–H groups in total. The molecular formula is C28H55BrO. The zero-order chi connectivity index (χ0) is 21.5. The molecule has 0 aromatic rings. The van der Waals surface area contributed by atoms with Crippen molar-refractivity contribution < 1.29 is 3.83 Å². The Morgan fingerprint density at radius 3 is 1.50 bits per heavy atom. The molecule has 0 bridgehead atoms. The van der Waals surface area contributed by atoms with E-state index in [1.165, 1.54) is 154 Å². The Morgan fingerprint density at radius 1 is 0.533 bits per heavy atom. The van der Waals surface area contributed by atoms with Gasteiger partial charge in [0.1, 0.15) is 0 Å². The van der Waals surface area contributed by atoms with Crippen LogP contribution in [0.2, 0.25) is 0 Å². The maximum atomic E-state index is 5.32. The Balaban J connectivity index is 1.97. The van der Waals surface area contributed by atoms with Gasteiger partial charge in [0.25, 0.3) is 0 Å². The van der Waals surface area contributed by atoms with Crippen molar-refractivity contribution in [1.82, 2.24) is 0 Å². The molecule has 0 aromatic carbocycles. The van der Waals surface area contributed by atoms with Gasteiger partial charge >= 0.3 is 0 Å². The van der Waals surface area contributed by atoms with Crippen LogP contribution < -0.4 is 0 Å². The highest BCUT2D eigenvalue weighted by atomic mass is 79.9. The monoisotopic (exact) mass is 486 g/mol. The maximum Gasteiger partial charge on any atom is 0.0987 e. The van der Waals surface area contributed by atoms with E-state index in [1.807, 2.05) is 0 Å². The van der Waals surface area contributed by atoms with Gasteiger partial charge in [-0.3, -0.25) is 0 Å². The van der Waals surface area contributed by atoms with Crippen molar-refractivity contribution in [1.29, 1.82) is 0 Å². The van der Waals surface area contributed by atoms with Crippen LogP contribution in [0.3, 0.4) is 0 Å². The second-order valence-electron chi connectivity index (χ2n) is 10.3. The summed E-state index contributed by atoms with van der Waals surface area (Å²) in [6.07, 6.45) is 34.9. The lowest BCUT2D eigenvalue weighted by atomic mass is 9.87. The molecule has 0 amide bonds. The fourth-order valence-electron chi connectivity index (χ4n) is 5.33. The average Bonchev–Trinajstić information content (AvgIpc) is 2.80. The molecule has 0 radical (unpaired) electrons. The van der Waals surface area contributed by atoms with Crippen LogP contribution in [0.25, 0.3) is 0 Å². The lowest BCUT2D eigenvalue weighted by Gasteiger charge is -2.20. The van der Waals surface area contributed by atoms with E-state index < -0.39 is 0 Å². The molecule has 2 atom stereocenters. The zero-order valence-electron chi connectivity index (χ0n) is 20.6. The molecule has 1 nitrogen and oxygen atoms in total. The first-order chi connectivity index (χ1) is 14.9. The molecule has 2 heteroatoms. The van der Waals surface area contributed by atoms with Gasteiger partial charge in [-0.1, -0.05) is 148 Å². The minimum Gasteiger partial charge on any atom is -0.308 e. The fourth-order valence-corrected chi connectivity index (χ4v) is 5.70. The summed E-state index contributed by atoms with van der Waals surface area (Å²) in [5.41, 5.74) is 0. The summed E-state index contributed by atoms with van der Waals surface area (Å²) in [5, 5.41) is 0. The number of hydrogen-bond donors (Lipinski definition) is 0. The van der Waals surface area contributed by atoms with E-state index in [-0.39, 0.29) is 0 Å². The summed E-state index contributed by atoms with van der Waals surface area (Å²) in [7, 11) is 0. The molecule has 0 aromatic heterocycles. The van der Waals surface area contributed by atoms with Crippen LogP contribution in [0.15, 0.2) is 0 Å². The van der Waals surface area contributed by atoms with Crippen molar-refractivity contribution in [2.75, 3.05) is 6.61 Å². The minimum atomic E-state index is 0.779. The smallest absolute Gasteiger partial charge is 0.0987 e. The third-order valence-corrected chi connectivity index (χ3v) is 7.74. The lowest BCUT2D eigenvalue weighted by Crippen LogP contribution is -2.10. The van der Waals surface area contributed by atoms with Gasteiger partial charge in [-0.2, -0.15) is 0 Å². The van der Waals surface area contributed by atoms with E-state index in [0.717, 1.165) is 18.4 Å². The highest BCUT2D eigenvalue weighted by Crippen LogP contribution is 2.28. The van der Waals surface area contributed by atoms with Crippen LogP contribution in [-0.2, 0) is 3.83 Å². The van der Waals surface area contributed by atoms with Crippen molar-refractivity contribution in [3.63, 3.8) is 0 Å². The molecule has 1 fully saturated rings. The van der Waals surface area contributed by atoms with Gasteiger partial charge in [0, 0.05) is 0 Å². The molecule has 1 saturated carbocycles. The highest BCUT2D eigenvalue weighted by molar-refractivity contribution is 9.06. The Kier molecular flexibility index (Phi) is 21.5. The van der Waals surface area contributed by atoms with E-state index in [9.17, 15) is 0 Å². The molecule has 2 unspecified atom stereocenters. The van der Waals surface area contributed by atoms with E-state index >= 15 is 0 Å². The quantitative estimate of drug-likeness (QED) is 0.185. The molecule has 0 aliphatic heterocycles. The van der Waals surface area contributed by atoms with Gasteiger partial charge in [-0.15, -0.1) is 0 Å². The molecule has 1 aliphatic carbocycles. The predicted octanol–water partition coefficient (Wildman–Crippen LogP) is 10.9. The van der Waals surface area contributed by atoms with Crippen LogP contribution in [0.4, 0.5) is 0 Å². The Hall–Kier alpha value is 0.440. The van der Waals surface area contributed by atoms with E-state index in [4.69, 9.17) is 3.83 Å². The standard InChI is InChI=1S/C28H55BrO/c1-2-3-4-5-6-7-8-9-10-11-12-13-15-18-21-27-22-19-16-14-17-20-23-28(25-24-27)26-30-29/h27-28H,2-26H2,1H3. The molecule has 180 valence electrons. The normalized spacial score (nSPS) is 21.4. The van der Waals surface area contributed by atoms with Gasteiger partial charge in [0.05, 0.1) is 22.9 Å². The van der Waals surface area contributed by atoms with Gasteiger partial charge < -0.3 is 3.83 Å². The molecule has 1 rings (SSSR count). The van der Waals surface area contributed by atoms with Crippen LogP contribution in [-0.4, -0.2) is 6.61 Å². The van der Waals surface area contributed by atoms with Crippen LogP contribution in [0.1, 0.15) is 161 Å². The molecule has 0 heterocycles. The average molecular weight is 488 g/mol. The summed E-state index contributed by atoms with van der Waals surface area (Å²) in [4.78, 5) is 0. The molecule has 1 aliphatic rings. The minimum absolute atomic E-state index is 0.779. The third-order valence-electron chi connectivity index (χ3n) is 7.47. The summed E-state index contributed by atoms with van der Waals surface area (Å²) in [6, 6.07) is 0. The Bertz CT molecular complexity index is 333. The van der Waals surface area contributed by atoms with Crippen LogP contribution >= 0.6 is 16.3 Å². The third kappa shape index (κ3) is 18.1. The number of unbranched alkanes of at least 4 members (excludes halogenated alkanes) is 13. The van der Waals surface area contributed by atoms with Gasteiger partial charge in [-0.05, 0) is 24.7 Å². The maximum absolute atomic E-state index is 5.32. The summed E-state index contributed by atoms with van der Waals surface area (Å²) in [6.45, 7) is 3.21. The van der Waals surface area contributed by atoms with Crippen molar-refractivity contribution in [3.05, 3.63) is 0 Å². The number of halogens is 1. The van der Waals surface area contributed by atoms with E-state index in [2.05, 4.69) is 23.2 Å². The van der Waals surface area contributed by atoms with Crippen molar-refractivity contribution in [2.45, 2.75) is 161 Å². The number of hydrogen-bond acceptors (Lipinski definition) is 1.